The van der Waals surface area contributed by atoms with Crippen LogP contribution in [0.15, 0.2) is 65.3 Å². The number of aryl methyl sites for hydroxylation is 1. The Hall–Kier alpha value is -2.35. The smallest absolute Gasteiger partial charge is 0.163 e. The Balaban J connectivity index is 1.70. The van der Waals surface area contributed by atoms with Crippen LogP contribution in [0.4, 0.5) is 0 Å². The van der Waals surface area contributed by atoms with Gasteiger partial charge in [-0.15, -0.1) is 0 Å². The summed E-state index contributed by atoms with van der Waals surface area (Å²) in [5, 5.41) is 1.09. The van der Waals surface area contributed by atoms with Crippen molar-refractivity contribution in [3.63, 3.8) is 0 Å². The van der Waals surface area contributed by atoms with Gasteiger partial charge >= 0.3 is 0 Å². The van der Waals surface area contributed by atoms with Crippen molar-refractivity contribution in [2.45, 2.75) is 12.8 Å². The lowest BCUT2D eigenvalue weighted by atomic mass is 10.0. The number of carbonyl (C=O) groups is 1. The lowest BCUT2D eigenvalue weighted by Gasteiger charge is -2.02. The van der Waals surface area contributed by atoms with Gasteiger partial charge in [0.2, 0.25) is 0 Å². The van der Waals surface area contributed by atoms with Crippen LogP contribution in [-0.2, 0) is 6.42 Å². The van der Waals surface area contributed by atoms with E-state index in [-0.39, 0.29) is 5.78 Å². The summed E-state index contributed by atoms with van der Waals surface area (Å²) in [6, 6.07) is 17.4. The molecule has 0 saturated carbocycles. The summed E-state index contributed by atoms with van der Waals surface area (Å²) in [6.07, 6.45) is 2.98. The zero-order valence-corrected chi connectivity index (χ0v) is 10.5. The number of fused-ring (bicyclic) bond motifs is 1. The molecule has 0 bridgehead atoms. The fourth-order valence-electron chi connectivity index (χ4n) is 2.20. The third kappa shape index (κ3) is 2.58. The van der Waals surface area contributed by atoms with Gasteiger partial charge in [-0.2, -0.15) is 0 Å². The molecule has 0 aliphatic carbocycles. The number of furan rings is 1. The number of rotatable bonds is 4. The third-order valence-corrected chi connectivity index (χ3v) is 3.25. The molecule has 0 unspecified atom stereocenters. The fourth-order valence-corrected chi connectivity index (χ4v) is 2.20. The highest BCUT2D eigenvalue weighted by Crippen LogP contribution is 2.18. The Morgan fingerprint density at radius 2 is 1.84 bits per heavy atom. The van der Waals surface area contributed by atoms with Crippen molar-refractivity contribution in [3.05, 3.63) is 72.0 Å². The molecule has 2 nitrogen and oxygen atoms in total. The van der Waals surface area contributed by atoms with E-state index in [1.54, 1.807) is 6.26 Å². The minimum Gasteiger partial charge on any atom is -0.464 e. The molecule has 2 aromatic carbocycles. The Morgan fingerprint density at radius 1 is 1.00 bits per heavy atom. The monoisotopic (exact) mass is 250 g/mol. The van der Waals surface area contributed by atoms with Crippen LogP contribution in [-0.4, -0.2) is 5.78 Å². The van der Waals surface area contributed by atoms with Crippen LogP contribution in [0.5, 0.6) is 0 Å². The molecule has 1 heterocycles. The second-order valence-electron chi connectivity index (χ2n) is 4.58. The van der Waals surface area contributed by atoms with Gasteiger partial charge in [0.25, 0.3) is 0 Å². The highest BCUT2D eigenvalue weighted by molar-refractivity contribution is 5.96. The maximum atomic E-state index is 12.0. The van der Waals surface area contributed by atoms with Crippen molar-refractivity contribution in [1.82, 2.24) is 0 Å². The second kappa shape index (κ2) is 5.11. The van der Waals surface area contributed by atoms with E-state index in [9.17, 15) is 4.79 Å². The first-order valence-corrected chi connectivity index (χ1v) is 6.37. The van der Waals surface area contributed by atoms with Gasteiger partial charge in [-0.3, -0.25) is 4.79 Å². The van der Waals surface area contributed by atoms with Gasteiger partial charge in [-0.25, -0.2) is 0 Å². The number of hydrogen-bond donors (Lipinski definition) is 0. The van der Waals surface area contributed by atoms with E-state index < -0.39 is 0 Å². The van der Waals surface area contributed by atoms with Crippen LogP contribution >= 0.6 is 0 Å². The minimum atomic E-state index is 0.188. The zero-order valence-electron chi connectivity index (χ0n) is 10.5. The number of Topliss-reactive ketones (excluding diaryl/α,β-unsaturated/α-hetero) is 1. The summed E-state index contributed by atoms with van der Waals surface area (Å²) < 4.78 is 5.30. The van der Waals surface area contributed by atoms with E-state index in [1.807, 2.05) is 48.5 Å². The van der Waals surface area contributed by atoms with Crippen LogP contribution in [0.25, 0.3) is 11.0 Å². The molecule has 0 saturated heterocycles. The molecule has 3 rings (SSSR count). The van der Waals surface area contributed by atoms with Crippen molar-refractivity contribution in [2.75, 3.05) is 0 Å². The highest BCUT2D eigenvalue weighted by Gasteiger charge is 2.06. The molecule has 0 aliphatic rings. The quantitative estimate of drug-likeness (QED) is 0.648. The van der Waals surface area contributed by atoms with Crippen molar-refractivity contribution >= 4 is 16.8 Å². The summed E-state index contributed by atoms with van der Waals surface area (Å²) >= 11 is 0. The summed E-state index contributed by atoms with van der Waals surface area (Å²) in [7, 11) is 0. The maximum Gasteiger partial charge on any atom is 0.163 e. The third-order valence-electron chi connectivity index (χ3n) is 3.25. The van der Waals surface area contributed by atoms with Crippen LogP contribution in [0.3, 0.4) is 0 Å². The van der Waals surface area contributed by atoms with Gasteiger partial charge in [0.15, 0.2) is 5.78 Å². The van der Waals surface area contributed by atoms with Crippen LogP contribution in [0.1, 0.15) is 22.3 Å². The topological polar surface area (TPSA) is 30.2 Å². The van der Waals surface area contributed by atoms with E-state index in [1.165, 1.54) is 0 Å². The standard InChI is InChI=1S/C17H14O2/c18-16(14-4-2-1-3-5-14)8-6-13-7-9-17-15(12-13)10-11-19-17/h1-5,7,9-12H,6,8H2. The molecule has 0 spiro atoms. The van der Waals surface area contributed by atoms with Crippen LogP contribution in [0.2, 0.25) is 0 Å². The Kier molecular flexibility index (Phi) is 3.15. The van der Waals surface area contributed by atoms with E-state index in [0.717, 1.165) is 28.5 Å². The predicted octanol–water partition coefficient (Wildman–Crippen LogP) is 4.25. The second-order valence-corrected chi connectivity index (χ2v) is 4.58. The van der Waals surface area contributed by atoms with Crippen LogP contribution in [0, 0.1) is 0 Å². The molecule has 0 atom stereocenters. The molecule has 2 heteroatoms. The number of hydrogen-bond acceptors (Lipinski definition) is 2. The molecule has 1 aromatic heterocycles. The molecular weight excluding hydrogens is 236 g/mol. The van der Waals surface area contributed by atoms with E-state index in [0.29, 0.717) is 6.42 Å². The molecule has 19 heavy (non-hydrogen) atoms. The summed E-state index contributed by atoms with van der Waals surface area (Å²) in [5.74, 6) is 0.188. The average Bonchev–Trinajstić information content (AvgIpc) is 2.93. The van der Waals surface area contributed by atoms with Crippen molar-refractivity contribution in [2.24, 2.45) is 0 Å². The molecule has 3 aromatic rings. The van der Waals surface area contributed by atoms with E-state index in [4.69, 9.17) is 4.42 Å². The first-order chi connectivity index (χ1) is 9.33. The molecule has 0 fully saturated rings. The van der Waals surface area contributed by atoms with E-state index in [2.05, 4.69) is 6.07 Å². The van der Waals surface area contributed by atoms with Gasteiger partial charge in [0.1, 0.15) is 5.58 Å². The normalized spacial score (nSPS) is 10.7. The zero-order chi connectivity index (χ0) is 13.1. The number of benzene rings is 2. The Bertz CT molecular complexity index is 695. The van der Waals surface area contributed by atoms with Gasteiger partial charge in [-0.05, 0) is 30.2 Å². The van der Waals surface area contributed by atoms with Gasteiger partial charge in [0, 0.05) is 17.4 Å². The van der Waals surface area contributed by atoms with Gasteiger partial charge in [-0.1, -0.05) is 36.4 Å². The van der Waals surface area contributed by atoms with Crippen molar-refractivity contribution in [3.8, 4) is 0 Å². The molecule has 0 amide bonds. The molecular formula is C17H14O2. The van der Waals surface area contributed by atoms with Gasteiger partial charge in [0.05, 0.1) is 6.26 Å². The van der Waals surface area contributed by atoms with Crippen molar-refractivity contribution in [1.29, 1.82) is 0 Å². The number of ketones is 1. The Labute approximate surface area is 111 Å². The lowest BCUT2D eigenvalue weighted by molar-refractivity contribution is 0.0983. The predicted molar refractivity (Wildman–Crippen MR) is 75.3 cm³/mol. The maximum absolute atomic E-state index is 12.0. The minimum absolute atomic E-state index is 0.188. The fraction of sp³-hybridized carbons (Fsp3) is 0.118. The SMILES string of the molecule is O=C(CCc1ccc2occc2c1)c1ccccc1. The molecule has 0 radical (unpaired) electrons. The van der Waals surface area contributed by atoms with Crippen molar-refractivity contribution < 1.29 is 9.21 Å². The highest BCUT2D eigenvalue weighted by atomic mass is 16.3. The molecule has 0 N–H and O–H groups in total. The largest absolute Gasteiger partial charge is 0.464 e. The number of carbonyl (C=O) groups excluding carboxylic acids is 1. The summed E-state index contributed by atoms with van der Waals surface area (Å²) in [6.45, 7) is 0. The van der Waals surface area contributed by atoms with E-state index >= 15 is 0 Å². The lowest BCUT2D eigenvalue weighted by Crippen LogP contribution is -2.00. The average molecular weight is 250 g/mol. The first kappa shape index (κ1) is 11.7. The Morgan fingerprint density at radius 3 is 2.68 bits per heavy atom. The molecule has 94 valence electrons. The molecule has 0 aliphatic heterocycles. The first-order valence-electron chi connectivity index (χ1n) is 6.37. The summed E-state index contributed by atoms with van der Waals surface area (Å²) in [5.41, 5.74) is 2.84. The summed E-state index contributed by atoms with van der Waals surface area (Å²) in [4.78, 5) is 12.0. The van der Waals surface area contributed by atoms with Crippen LogP contribution < -0.4 is 0 Å². The van der Waals surface area contributed by atoms with Gasteiger partial charge < -0.3 is 4.42 Å².